The molecule has 4 N–H and O–H groups in total. The van der Waals surface area contributed by atoms with Crippen LogP contribution in [0.25, 0.3) is 0 Å². The van der Waals surface area contributed by atoms with Crippen molar-refractivity contribution in [2.45, 2.75) is 12.5 Å². The molecular weight excluding hydrogens is 202 g/mol. The lowest BCUT2D eigenvalue weighted by atomic mass is 10.2. The van der Waals surface area contributed by atoms with Crippen molar-refractivity contribution in [1.29, 1.82) is 0 Å². The Bertz CT molecular complexity index is 374. The number of carboxylic acid groups (broad SMARTS) is 2. The molecule has 1 radical (unpaired) electrons. The van der Waals surface area contributed by atoms with E-state index in [1.54, 1.807) is 0 Å². The lowest BCUT2D eigenvalue weighted by molar-refractivity contribution is -0.138. The van der Waals surface area contributed by atoms with Crippen LogP contribution in [-0.4, -0.2) is 37.7 Å². The molecule has 0 spiro atoms. The van der Waals surface area contributed by atoms with Crippen LogP contribution < -0.4 is 5.73 Å². The van der Waals surface area contributed by atoms with Crippen molar-refractivity contribution >= 4 is 11.9 Å². The van der Waals surface area contributed by atoms with E-state index in [0.717, 1.165) is 6.54 Å². The summed E-state index contributed by atoms with van der Waals surface area (Å²) in [6.07, 6.45) is 2.75. The number of hydrogen-bond acceptors (Lipinski definition) is 4. The first-order chi connectivity index (χ1) is 6.99. The fourth-order valence-corrected chi connectivity index (χ4v) is 0.996. The molecule has 0 saturated carbocycles. The Balaban J connectivity index is 2.60. The summed E-state index contributed by atoms with van der Waals surface area (Å²) in [5, 5.41) is 17.0. The van der Waals surface area contributed by atoms with Crippen molar-refractivity contribution < 1.29 is 19.8 Å². The van der Waals surface area contributed by atoms with E-state index in [2.05, 4.69) is 4.98 Å². The van der Waals surface area contributed by atoms with Crippen molar-refractivity contribution in [3.8, 4) is 0 Å². The van der Waals surface area contributed by atoms with E-state index in [9.17, 15) is 9.59 Å². The first-order valence-corrected chi connectivity index (χ1v) is 4.07. The van der Waals surface area contributed by atoms with Crippen LogP contribution in [0, 0.1) is 6.54 Å². The zero-order chi connectivity index (χ0) is 11.4. The minimum Gasteiger partial charge on any atom is -0.480 e. The lowest BCUT2D eigenvalue weighted by Gasteiger charge is -2.02. The maximum atomic E-state index is 10.4. The summed E-state index contributed by atoms with van der Waals surface area (Å²) in [7, 11) is 0. The average Bonchev–Trinajstić information content (AvgIpc) is 2.51. The minimum absolute atomic E-state index is 0.0653. The van der Waals surface area contributed by atoms with Crippen LogP contribution in [0.2, 0.25) is 0 Å². The number of nitrogens with zero attached hydrogens (tertiary/aromatic N) is 2. The number of nitrogens with two attached hydrogens (primary N) is 1. The van der Waals surface area contributed by atoms with Crippen molar-refractivity contribution in [3.63, 3.8) is 0 Å². The normalized spacial score (nSPS) is 12.3. The number of carboxylic acids is 2. The highest BCUT2D eigenvalue weighted by Crippen LogP contribution is 2.00. The van der Waals surface area contributed by atoms with Crippen molar-refractivity contribution in [3.05, 3.63) is 24.8 Å². The number of imidazole rings is 1. The minimum atomic E-state index is -1.12. The topological polar surface area (TPSA) is 118 Å². The third-order valence-corrected chi connectivity index (χ3v) is 1.66. The summed E-state index contributed by atoms with van der Waals surface area (Å²) in [4.78, 5) is 24.5. The highest BCUT2D eigenvalue weighted by atomic mass is 16.4. The average molecular weight is 212 g/mol. The predicted octanol–water partition coefficient (Wildman–Crippen LogP) is -1.07. The maximum Gasteiger partial charge on any atom is 0.329 e. The molecular formula is C8H10N3O4. The zero-order valence-corrected chi connectivity index (χ0v) is 7.70. The standard InChI is InChI=1S/C8H10N3O4/c9-6(8(14)15)1-5-2-11(4-10-5)3-7(12)13/h2-4,6H,1,9H2,(H,12,13)(H,14,15)/t6-/m0/s1. The SMILES string of the molecule is N[C@@H](Cc1cn([CH]C(=O)O)cn1)C(=O)O. The number of hydrogen-bond donors (Lipinski definition) is 3. The molecule has 7 nitrogen and oxygen atoms in total. The molecule has 0 aliphatic carbocycles. The van der Waals surface area contributed by atoms with E-state index in [4.69, 9.17) is 15.9 Å². The van der Waals surface area contributed by atoms with Crippen LogP contribution in [-0.2, 0) is 16.0 Å². The Morgan fingerprint density at radius 3 is 2.80 bits per heavy atom. The Morgan fingerprint density at radius 2 is 2.27 bits per heavy atom. The third kappa shape index (κ3) is 3.39. The fourth-order valence-electron chi connectivity index (χ4n) is 0.996. The van der Waals surface area contributed by atoms with Gasteiger partial charge in [-0.05, 0) is 0 Å². The summed E-state index contributed by atoms with van der Waals surface area (Å²) in [5.74, 6) is -2.23. The van der Waals surface area contributed by atoms with Gasteiger partial charge in [0.25, 0.3) is 0 Å². The first kappa shape index (κ1) is 11.2. The number of aliphatic carboxylic acids is 2. The molecule has 0 bridgehead atoms. The van der Waals surface area contributed by atoms with Crippen LogP contribution in [0.4, 0.5) is 0 Å². The van der Waals surface area contributed by atoms with Crippen LogP contribution in [0.1, 0.15) is 5.69 Å². The first-order valence-electron chi connectivity index (χ1n) is 4.07. The maximum absolute atomic E-state index is 10.4. The number of carbonyl (C=O) groups is 2. The van der Waals surface area contributed by atoms with Crippen molar-refractivity contribution in [2.75, 3.05) is 0 Å². The second kappa shape index (κ2) is 4.56. The van der Waals surface area contributed by atoms with E-state index < -0.39 is 18.0 Å². The van der Waals surface area contributed by atoms with Gasteiger partial charge in [0, 0.05) is 12.6 Å². The summed E-state index contributed by atoms with van der Waals surface area (Å²) >= 11 is 0. The van der Waals surface area contributed by atoms with E-state index >= 15 is 0 Å². The molecule has 7 heteroatoms. The highest BCUT2D eigenvalue weighted by molar-refractivity contribution is 5.76. The zero-order valence-electron chi connectivity index (χ0n) is 7.70. The van der Waals surface area contributed by atoms with Crippen LogP contribution >= 0.6 is 0 Å². The summed E-state index contributed by atoms with van der Waals surface area (Å²) in [6.45, 7) is 0.906. The van der Waals surface area contributed by atoms with Gasteiger partial charge in [0.15, 0.2) is 6.54 Å². The van der Waals surface area contributed by atoms with E-state index in [1.165, 1.54) is 17.1 Å². The molecule has 1 aromatic rings. The van der Waals surface area contributed by atoms with Gasteiger partial charge in [0.1, 0.15) is 6.04 Å². The van der Waals surface area contributed by atoms with E-state index in [0.29, 0.717) is 5.69 Å². The van der Waals surface area contributed by atoms with E-state index in [-0.39, 0.29) is 6.42 Å². The monoisotopic (exact) mass is 212 g/mol. The number of aromatic nitrogens is 2. The predicted molar refractivity (Wildman–Crippen MR) is 48.9 cm³/mol. The fraction of sp³-hybridized carbons (Fsp3) is 0.250. The quantitative estimate of drug-likeness (QED) is 0.572. The third-order valence-electron chi connectivity index (χ3n) is 1.66. The van der Waals surface area contributed by atoms with Crippen molar-refractivity contribution in [2.24, 2.45) is 5.73 Å². The van der Waals surface area contributed by atoms with Gasteiger partial charge in [-0.15, -0.1) is 0 Å². The second-order valence-electron chi connectivity index (χ2n) is 2.93. The van der Waals surface area contributed by atoms with Crippen LogP contribution in [0.5, 0.6) is 0 Å². The van der Waals surface area contributed by atoms with Gasteiger partial charge in [0.2, 0.25) is 0 Å². The smallest absolute Gasteiger partial charge is 0.329 e. The van der Waals surface area contributed by atoms with Gasteiger partial charge in [0.05, 0.1) is 12.0 Å². The molecule has 81 valence electrons. The lowest BCUT2D eigenvalue weighted by Crippen LogP contribution is -2.32. The molecule has 1 aromatic heterocycles. The second-order valence-corrected chi connectivity index (χ2v) is 2.93. The Hall–Kier alpha value is -1.89. The molecule has 0 aliphatic heterocycles. The highest BCUT2D eigenvalue weighted by Gasteiger charge is 2.14. The van der Waals surface area contributed by atoms with Gasteiger partial charge >= 0.3 is 11.9 Å². The van der Waals surface area contributed by atoms with Gasteiger partial charge in [-0.1, -0.05) is 0 Å². The van der Waals surface area contributed by atoms with Gasteiger partial charge < -0.3 is 20.5 Å². The Labute approximate surface area is 85.1 Å². The summed E-state index contributed by atoms with van der Waals surface area (Å²) in [5.41, 5.74) is 5.72. The summed E-state index contributed by atoms with van der Waals surface area (Å²) < 4.78 is 1.23. The van der Waals surface area contributed by atoms with Gasteiger partial charge in [-0.3, -0.25) is 4.79 Å². The molecule has 1 atom stereocenters. The Morgan fingerprint density at radius 1 is 1.60 bits per heavy atom. The molecule has 0 aliphatic rings. The Kier molecular flexibility index (Phi) is 3.40. The van der Waals surface area contributed by atoms with Crippen LogP contribution in [0.15, 0.2) is 12.5 Å². The van der Waals surface area contributed by atoms with Crippen LogP contribution in [0.3, 0.4) is 0 Å². The van der Waals surface area contributed by atoms with Gasteiger partial charge in [-0.25, -0.2) is 9.78 Å². The molecule has 0 unspecified atom stereocenters. The largest absolute Gasteiger partial charge is 0.480 e. The van der Waals surface area contributed by atoms with Gasteiger partial charge in [-0.2, -0.15) is 0 Å². The summed E-state index contributed by atoms with van der Waals surface area (Å²) in [6, 6.07) is -1.03. The number of rotatable bonds is 5. The van der Waals surface area contributed by atoms with Crippen molar-refractivity contribution in [1.82, 2.24) is 9.55 Å². The molecule has 0 fully saturated rings. The molecule has 1 heterocycles. The molecule has 0 aromatic carbocycles. The molecule has 0 amide bonds. The molecule has 15 heavy (non-hydrogen) atoms. The van der Waals surface area contributed by atoms with E-state index in [1.807, 2.05) is 0 Å². The molecule has 0 saturated heterocycles. The molecule has 1 rings (SSSR count).